The van der Waals surface area contributed by atoms with Crippen molar-refractivity contribution in [1.29, 1.82) is 0 Å². The Kier molecular flexibility index (Phi) is 5.35. The molecule has 0 radical (unpaired) electrons. The molecule has 21 heavy (non-hydrogen) atoms. The summed E-state index contributed by atoms with van der Waals surface area (Å²) in [5.41, 5.74) is 0.580. The Morgan fingerprint density at radius 3 is 2.81 bits per heavy atom. The molecule has 1 atom stereocenters. The number of halogens is 1. The van der Waals surface area contributed by atoms with E-state index in [1.54, 1.807) is 6.92 Å². The van der Waals surface area contributed by atoms with E-state index in [0.717, 1.165) is 32.0 Å². The van der Waals surface area contributed by atoms with Crippen LogP contribution in [0.2, 0.25) is 0 Å². The van der Waals surface area contributed by atoms with E-state index in [2.05, 4.69) is 5.32 Å². The highest BCUT2D eigenvalue weighted by molar-refractivity contribution is 7.89. The van der Waals surface area contributed by atoms with E-state index in [4.69, 9.17) is 0 Å². The van der Waals surface area contributed by atoms with Crippen molar-refractivity contribution in [3.63, 3.8) is 0 Å². The van der Waals surface area contributed by atoms with Gasteiger partial charge in [0.25, 0.3) is 0 Å². The van der Waals surface area contributed by atoms with Crippen LogP contribution in [-0.2, 0) is 10.0 Å². The Balaban J connectivity index is 2.24. The second kappa shape index (κ2) is 6.85. The molecule has 1 heterocycles. The van der Waals surface area contributed by atoms with Crippen molar-refractivity contribution >= 4 is 10.0 Å². The van der Waals surface area contributed by atoms with E-state index < -0.39 is 15.8 Å². The van der Waals surface area contributed by atoms with E-state index in [1.807, 2.05) is 6.92 Å². The smallest absolute Gasteiger partial charge is 0.243 e. The van der Waals surface area contributed by atoms with Crippen LogP contribution in [0, 0.1) is 18.7 Å². The van der Waals surface area contributed by atoms with Crippen molar-refractivity contribution in [3.05, 3.63) is 29.6 Å². The molecule has 1 aliphatic heterocycles. The van der Waals surface area contributed by atoms with E-state index in [9.17, 15) is 12.8 Å². The zero-order chi connectivity index (χ0) is 15.5. The maximum Gasteiger partial charge on any atom is 0.243 e. The molecule has 1 aliphatic rings. The van der Waals surface area contributed by atoms with Gasteiger partial charge in [-0.1, -0.05) is 13.0 Å². The summed E-state index contributed by atoms with van der Waals surface area (Å²) < 4.78 is 40.4. The third kappa shape index (κ3) is 3.81. The van der Waals surface area contributed by atoms with Gasteiger partial charge in [-0.15, -0.1) is 0 Å². The fraction of sp³-hybridized carbons (Fsp3) is 0.600. The standard InChI is InChI=1S/C15H23FN2O2S/c1-3-18(11-13-5-4-8-17-10-13)21(19,20)15-9-14(16)7-6-12(15)2/h6-7,9,13,17H,3-5,8,10-11H2,1-2H3. The Morgan fingerprint density at radius 1 is 1.43 bits per heavy atom. The number of sulfonamides is 1. The lowest BCUT2D eigenvalue weighted by atomic mass is 10.00. The molecule has 1 N–H and O–H groups in total. The topological polar surface area (TPSA) is 49.4 Å². The first-order chi connectivity index (χ1) is 9.95. The molecular weight excluding hydrogens is 291 g/mol. The summed E-state index contributed by atoms with van der Waals surface area (Å²) in [5.74, 6) is -0.197. The predicted molar refractivity (Wildman–Crippen MR) is 81.2 cm³/mol. The minimum Gasteiger partial charge on any atom is -0.316 e. The zero-order valence-electron chi connectivity index (χ0n) is 12.6. The summed E-state index contributed by atoms with van der Waals surface area (Å²) >= 11 is 0. The summed E-state index contributed by atoms with van der Waals surface area (Å²) in [5, 5.41) is 3.29. The lowest BCUT2D eigenvalue weighted by molar-refractivity contribution is 0.297. The van der Waals surface area contributed by atoms with Gasteiger partial charge in [-0.25, -0.2) is 12.8 Å². The van der Waals surface area contributed by atoms with Crippen molar-refractivity contribution < 1.29 is 12.8 Å². The number of piperidine rings is 1. The van der Waals surface area contributed by atoms with E-state index in [0.29, 0.717) is 24.6 Å². The average molecular weight is 314 g/mol. The van der Waals surface area contributed by atoms with Gasteiger partial charge in [-0.3, -0.25) is 0 Å². The molecule has 0 spiro atoms. The molecule has 1 aromatic carbocycles. The number of nitrogens with one attached hydrogen (secondary N) is 1. The van der Waals surface area contributed by atoms with Crippen LogP contribution in [0.15, 0.2) is 23.1 Å². The van der Waals surface area contributed by atoms with Gasteiger partial charge in [0.15, 0.2) is 0 Å². The normalized spacial score (nSPS) is 19.9. The summed E-state index contributed by atoms with van der Waals surface area (Å²) in [6.07, 6.45) is 2.10. The molecule has 1 fully saturated rings. The quantitative estimate of drug-likeness (QED) is 0.906. The molecule has 2 rings (SSSR count). The van der Waals surface area contributed by atoms with Crippen LogP contribution in [0.4, 0.5) is 4.39 Å². The van der Waals surface area contributed by atoms with Crippen LogP contribution in [0.5, 0.6) is 0 Å². The molecule has 0 saturated carbocycles. The Morgan fingerprint density at radius 2 is 2.19 bits per heavy atom. The molecule has 1 unspecified atom stereocenters. The molecule has 118 valence electrons. The predicted octanol–water partition coefficient (Wildman–Crippen LogP) is 2.14. The number of benzene rings is 1. The number of rotatable bonds is 5. The van der Waals surface area contributed by atoms with Crippen LogP contribution in [0.3, 0.4) is 0 Å². The molecule has 0 amide bonds. The number of hydrogen-bond acceptors (Lipinski definition) is 3. The molecular formula is C15H23FN2O2S. The van der Waals surface area contributed by atoms with Gasteiger partial charge in [0.05, 0.1) is 4.90 Å². The van der Waals surface area contributed by atoms with Gasteiger partial charge in [-0.2, -0.15) is 4.31 Å². The first-order valence-electron chi connectivity index (χ1n) is 7.42. The number of aryl methyl sites for hydroxylation is 1. The second-order valence-electron chi connectivity index (χ2n) is 5.58. The van der Waals surface area contributed by atoms with E-state index in [1.165, 1.54) is 16.4 Å². The van der Waals surface area contributed by atoms with Crippen LogP contribution in [-0.4, -0.2) is 38.9 Å². The van der Waals surface area contributed by atoms with Crippen molar-refractivity contribution in [2.75, 3.05) is 26.2 Å². The van der Waals surface area contributed by atoms with Crippen LogP contribution < -0.4 is 5.32 Å². The minimum atomic E-state index is -3.64. The van der Waals surface area contributed by atoms with Gasteiger partial charge < -0.3 is 5.32 Å². The SMILES string of the molecule is CCN(CC1CCCNC1)S(=O)(=O)c1cc(F)ccc1C. The zero-order valence-corrected chi connectivity index (χ0v) is 13.4. The highest BCUT2D eigenvalue weighted by Gasteiger charge is 2.28. The number of hydrogen-bond donors (Lipinski definition) is 1. The molecule has 4 nitrogen and oxygen atoms in total. The number of nitrogens with zero attached hydrogens (tertiary/aromatic N) is 1. The van der Waals surface area contributed by atoms with Crippen molar-refractivity contribution in [2.24, 2.45) is 5.92 Å². The molecule has 1 aromatic rings. The van der Waals surface area contributed by atoms with Gasteiger partial charge >= 0.3 is 0 Å². The third-order valence-electron chi connectivity index (χ3n) is 3.98. The Hall–Kier alpha value is -0.980. The monoisotopic (exact) mass is 314 g/mol. The summed E-state index contributed by atoms with van der Waals surface area (Å²) in [6.45, 7) is 6.24. The minimum absolute atomic E-state index is 0.0770. The molecule has 0 aliphatic carbocycles. The highest BCUT2D eigenvalue weighted by Crippen LogP contribution is 2.23. The fourth-order valence-electron chi connectivity index (χ4n) is 2.76. The first kappa shape index (κ1) is 16.4. The van der Waals surface area contributed by atoms with Gasteiger partial charge in [0, 0.05) is 13.1 Å². The summed E-state index contributed by atoms with van der Waals surface area (Å²) in [4.78, 5) is 0.0770. The average Bonchev–Trinajstić information content (AvgIpc) is 2.48. The van der Waals surface area contributed by atoms with Crippen LogP contribution >= 0.6 is 0 Å². The van der Waals surface area contributed by atoms with Crippen molar-refractivity contribution in [1.82, 2.24) is 9.62 Å². The second-order valence-corrected chi connectivity index (χ2v) is 7.48. The molecule has 0 bridgehead atoms. The highest BCUT2D eigenvalue weighted by atomic mass is 32.2. The maximum atomic E-state index is 13.4. The Bertz CT molecular complexity index is 583. The maximum absolute atomic E-state index is 13.4. The van der Waals surface area contributed by atoms with Crippen LogP contribution in [0.1, 0.15) is 25.3 Å². The molecule has 0 aromatic heterocycles. The molecule has 1 saturated heterocycles. The molecule has 6 heteroatoms. The van der Waals surface area contributed by atoms with Gasteiger partial charge in [0.2, 0.25) is 10.0 Å². The van der Waals surface area contributed by atoms with E-state index >= 15 is 0 Å². The summed E-state index contributed by atoms with van der Waals surface area (Å²) in [7, 11) is -3.64. The van der Waals surface area contributed by atoms with Crippen LogP contribution in [0.25, 0.3) is 0 Å². The first-order valence-corrected chi connectivity index (χ1v) is 8.86. The van der Waals surface area contributed by atoms with Crippen molar-refractivity contribution in [3.8, 4) is 0 Å². The van der Waals surface area contributed by atoms with Gasteiger partial charge in [-0.05, 0) is 56.5 Å². The van der Waals surface area contributed by atoms with Gasteiger partial charge in [0.1, 0.15) is 5.82 Å². The largest absolute Gasteiger partial charge is 0.316 e. The lowest BCUT2D eigenvalue weighted by Gasteiger charge is -2.29. The summed E-state index contributed by atoms with van der Waals surface area (Å²) in [6, 6.07) is 3.92. The lowest BCUT2D eigenvalue weighted by Crippen LogP contribution is -2.41. The third-order valence-corrected chi connectivity index (χ3v) is 6.06. The Labute approximate surface area is 126 Å². The fourth-order valence-corrected chi connectivity index (χ4v) is 4.52. The van der Waals surface area contributed by atoms with Crippen molar-refractivity contribution in [2.45, 2.75) is 31.6 Å². The van der Waals surface area contributed by atoms with E-state index in [-0.39, 0.29) is 4.90 Å².